The number of fused-ring (bicyclic) bond motifs is 3. The molecule has 3 aliphatic rings. The van der Waals surface area contributed by atoms with Crippen molar-refractivity contribution in [1.29, 1.82) is 0 Å². The molecule has 202 valence electrons. The zero-order chi connectivity index (χ0) is 26.9. The number of allylic oxidation sites excluding steroid dienone is 1. The summed E-state index contributed by atoms with van der Waals surface area (Å²) in [6.45, 7) is 2.44. The molecule has 1 N–H and O–H groups in total. The lowest BCUT2D eigenvalue weighted by Gasteiger charge is -2.41. The number of aliphatic hydroxyl groups is 1. The Kier molecular flexibility index (Phi) is 7.43. The van der Waals surface area contributed by atoms with Gasteiger partial charge in [0.15, 0.2) is 5.60 Å². The first-order valence-corrected chi connectivity index (χ1v) is 13.6. The van der Waals surface area contributed by atoms with Crippen molar-refractivity contribution in [2.75, 3.05) is 45.3 Å². The van der Waals surface area contributed by atoms with Crippen LogP contribution in [0.4, 0.5) is 5.69 Å². The molecule has 1 aliphatic carbocycles. The highest BCUT2D eigenvalue weighted by atomic mass is 35.5. The van der Waals surface area contributed by atoms with E-state index in [1.54, 1.807) is 25.2 Å². The van der Waals surface area contributed by atoms with Crippen LogP contribution in [-0.4, -0.2) is 62.3 Å². The number of carbonyl (C=O) groups is 2. The van der Waals surface area contributed by atoms with Crippen molar-refractivity contribution in [2.24, 2.45) is 0 Å². The Morgan fingerprint density at radius 1 is 1.16 bits per heavy atom. The molecule has 2 heterocycles. The molecule has 0 radical (unpaired) electrons. The zero-order valence-corrected chi connectivity index (χ0v) is 22.8. The number of amides is 1. The monoisotopic (exact) mass is 538 g/mol. The van der Waals surface area contributed by atoms with E-state index in [2.05, 4.69) is 23.1 Å². The second-order valence-corrected chi connectivity index (χ2v) is 11.2. The number of esters is 1. The van der Waals surface area contributed by atoms with Gasteiger partial charge in [-0.2, -0.15) is 0 Å². The van der Waals surface area contributed by atoms with E-state index in [4.69, 9.17) is 21.1 Å². The average molecular weight is 539 g/mol. The van der Waals surface area contributed by atoms with Gasteiger partial charge in [-0.3, -0.25) is 4.79 Å². The number of rotatable bonds is 1. The van der Waals surface area contributed by atoms with Crippen LogP contribution in [0, 0.1) is 0 Å². The predicted octanol–water partition coefficient (Wildman–Crippen LogP) is 4.37. The fraction of sp³-hybridized carbons (Fsp3) is 0.467. The minimum absolute atomic E-state index is 0.212. The summed E-state index contributed by atoms with van der Waals surface area (Å²) in [5, 5.41) is 12.4. The summed E-state index contributed by atoms with van der Waals surface area (Å²) in [5.41, 5.74) is 1.34. The summed E-state index contributed by atoms with van der Waals surface area (Å²) in [4.78, 5) is 29.7. The van der Waals surface area contributed by atoms with Crippen LogP contribution in [0.25, 0.3) is 0 Å². The maximum absolute atomic E-state index is 13.0. The second kappa shape index (κ2) is 10.6. The Morgan fingerprint density at radius 3 is 2.82 bits per heavy atom. The number of aryl methyl sites for hydroxylation is 1. The Labute approximate surface area is 229 Å². The highest BCUT2D eigenvalue weighted by Gasteiger charge is 2.45. The topological polar surface area (TPSA) is 79.3 Å². The maximum atomic E-state index is 13.0. The number of benzene rings is 2. The van der Waals surface area contributed by atoms with Crippen molar-refractivity contribution in [2.45, 2.75) is 49.5 Å². The van der Waals surface area contributed by atoms with E-state index in [0.29, 0.717) is 24.5 Å². The molecule has 1 spiro atoms. The van der Waals surface area contributed by atoms with Gasteiger partial charge in [-0.05, 0) is 73.1 Å². The highest BCUT2D eigenvalue weighted by Crippen LogP contribution is 2.45. The SMILES string of the molecule is COC(=O)[C@]1(O)CC(=O)N(C)C/C=C/CCCN2C[C@@]3(CCCc4cc(Cl)ccc43)COc3ccc1cc32. The van der Waals surface area contributed by atoms with Crippen LogP contribution < -0.4 is 9.64 Å². The van der Waals surface area contributed by atoms with Gasteiger partial charge in [0, 0.05) is 37.1 Å². The minimum atomic E-state index is -2.12. The van der Waals surface area contributed by atoms with Gasteiger partial charge in [0.1, 0.15) is 5.75 Å². The van der Waals surface area contributed by atoms with Crippen LogP contribution in [0.15, 0.2) is 48.6 Å². The number of likely N-dealkylation sites (N-methyl/N-ethyl adjacent to an activating group) is 1. The number of methoxy groups -OCH3 is 1. The first-order valence-electron chi connectivity index (χ1n) is 13.3. The Morgan fingerprint density at radius 2 is 2.00 bits per heavy atom. The van der Waals surface area contributed by atoms with Crippen molar-refractivity contribution in [3.05, 3.63) is 70.3 Å². The lowest BCUT2D eigenvalue weighted by Crippen LogP contribution is -2.46. The zero-order valence-electron chi connectivity index (χ0n) is 22.0. The molecule has 1 amide bonds. The van der Waals surface area contributed by atoms with Gasteiger partial charge in [-0.25, -0.2) is 4.79 Å². The second-order valence-electron chi connectivity index (χ2n) is 10.7. The van der Waals surface area contributed by atoms with E-state index in [1.807, 2.05) is 12.1 Å². The summed E-state index contributed by atoms with van der Waals surface area (Å²) < 4.78 is 11.5. The lowest BCUT2D eigenvalue weighted by atomic mass is 9.70. The molecule has 2 aliphatic heterocycles. The van der Waals surface area contributed by atoms with Crippen molar-refractivity contribution in [3.8, 4) is 5.75 Å². The molecule has 38 heavy (non-hydrogen) atoms. The van der Waals surface area contributed by atoms with Crippen LogP contribution in [-0.2, 0) is 31.8 Å². The maximum Gasteiger partial charge on any atom is 0.343 e. The smallest absolute Gasteiger partial charge is 0.343 e. The third-order valence-electron chi connectivity index (χ3n) is 8.22. The Balaban J connectivity index is 1.60. The van der Waals surface area contributed by atoms with Crippen molar-refractivity contribution >= 4 is 29.2 Å². The first-order chi connectivity index (χ1) is 18.3. The quantitative estimate of drug-likeness (QED) is 0.429. The van der Waals surface area contributed by atoms with Gasteiger partial charge in [-0.1, -0.05) is 35.9 Å². The minimum Gasteiger partial charge on any atom is -0.490 e. The first kappa shape index (κ1) is 26.6. The van der Waals surface area contributed by atoms with Crippen molar-refractivity contribution < 1.29 is 24.2 Å². The molecular formula is C30H35ClN2O5. The van der Waals surface area contributed by atoms with Gasteiger partial charge < -0.3 is 24.4 Å². The fourth-order valence-corrected chi connectivity index (χ4v) is 6.27. The van der Waals surface area contributed by atoms with E-state index in [9.17, 15) is 14.7 Å². The molecule has 0 fully saturated rings. The summed E-state index contributed by atoms with van der Waals surface area (Å²) in [5.74, 6) is -0.512. The van der Waals surface area contributed by atoms with E-state index >= 15 is 0 Å². The van der Waals surface area contributed by atoms with E-state index in [-0.39, 0.29) is 11.3 Å². The highest BCUT2D eigenvalue weighted by molar-refractivity contribution is 6.30. The number of ether oxygens (including phenoxy) is 2. The molecule has 5 rings (SSSR count). The van der Waals surface area contributed by atoms with Crippen molar-refractivity contribution in [3.63, 3.8) is 0 Å². The molecule has 0 saturated carbocycles. The molecule has 2 aromatic carbocycles. The van der Waals surface area contributed by atoms with Gasteiger partial charge >= 0.3 is 5.97 Å². The molecular weight excluding hydrogens is 504 g/mol. The third kappa shape index (κ3) is 4.90. The molecule has 0 aromatic heterocycles. The number of carbonyl (C=O) groups excluding carboxylic acids is 2. The van der Waals surface area contributed by atoms with E-state index in [0.717, 1.165) is 55.9 Å². The summed E-state index contributed by atoms with van der Waals surface area (Å²) in [6, 6.07) is 11.4. The van der Waals surface area contributed by atoms with Crippen LogP contribution >= 0.6 is 11.6 Å². The molecule has 2 bridgehead atoms. The van der Waals surface area contributed by atoms with Crippen LogP contribution in [0.5, 0.6) is 5.75 Å². The number of anilines is 1. The van der Waals surface area contributed by atoms with Gasteiger partial charge in [0.2, 0.25) is 5.91 Å². The summed E-state index contributed by atoms with van der Waals surface area (Å²) >= 11 is 6.35. The number of hydrogen-bond donors (Lipinski definition) is 1. The van der Waals surface area contributed by atoms with E-state index < -0.39 is 18.0 Å². The Bertz CT molecular complexity index is 1260. The predicted molar refractivity (Wildman–Crippen MR) is 147 cm³/mol. The molecule has 0 unspecified atom stereocenters. The molecule has 0 saturated heterocycles. The lowest BCUT2D eigenvalue weighted by molar-refractivity contribution is -0.167. The van der Waals surface area contributed by atoms with Gasteiger partial charge in [0.25, 0.3) is 0 Å². The number of halogens is 1. The van der Waals surface area contributed by atoms with Crippen molar-refractivity contribution in [1.82, 2.24) is 4.90 Å². The molecule has 8 heteroatoms. The third-order valence-corrected chi connectivity index (χ3v) is 8.45. The average Bonchev–Trinajstić information content (AvgIpc) is 3.06. The van der Waals surface area contributed by atoms with Gasteiger partial charge in [0.05, 0.1) is 25.8 Å². The standard InChI is InChI=1S/C30H35ClN2O5/c1-32-14-5-3-4-6-15-33-19-29(13-7-8-21-16-23(31)10-11-24(21)29)20-38-26-12-9-22(17-25(26)33)30(36,18-27(32)34)28(35)37-2/h3,5,9-12,16-17,36H,4,6-8,13-15,18-20H2,1-2H3/b5-3+/t29-,30-/m0/s1. The van der Waals surface area contributed by atoms with Crippen LogP contribution in [0.1, 0.15) is 48.8 Å². The summed E-state index contributed by atoms with van der Waals surface area (Å²) in [7, 11) is 2.88. The molecule has 2 atom stereocenters. The van der Waals surface area contributed by atoms with Crippen LogP contribution in [0.3, 0.4) is 0 Å². The molecule has 2 aromatic rings. The number of hydrogen-bond acceptors (Lipinski definition) is 6. The largest absolute Gasteiger partial charge is 0.490 e. The van der Waals surface area contributed by atoms with Gasteiger partial charge in [-0.15, -0.1) is 0 Å². The van der Waals surface area contributed by atoms with E-state index in [1.165, 1.54) is 23.1 Å². The summed E-state index contributed by atoms with van der Waals surface area (Å²) in [6.07, 6.45) is 8.44. The Hall–Kier alpha value is -3.03. The fourth-order valence-electron chi connectivity index (χ4n) is 6.07. The molecule has 7 nitrogen and oxygen atoms in total. The normalized spacial score (nSPS) is 26.6. The van der Waals surface area contributed by atoms with Crippen LogP contribution in [0.2, 0.25) is 5.02 Å². The number of nitrogens with zero attached hydrogens (tertiary/aromatic N) is 2.